The number of carbonyl (C=O) groups is 1. The zero-order valence-corrected chi connectivity index (χ0v) is 23.5. The lowest BCUT2D eigenvalue weighted by atomic mass is 9.83. The average molecular weight is 575 g/mol. The first-order valence-corrected chi connectivity index (χ1v) is 13.8. The van der Waals surface area contributed by atoms with E-state index < -0.39 is 11.9 Å². The maximum absolute atomic E-state index is 14.1. The van der Waals surface area contributed by atoms with Crippen LogP contribution in [-0.4, -0.2) is 5.97 Å². The van der Waals surface area contributed by atoms with E-state index in [-0.39, 0.29) is 35.4 Å². The molecule has 214 valence electrons. The third-order valence-corrected chi connectivity index (χ3v) is 7.54. The molecule has 1 unspecified atom stereocenters. The second-order valence-corrected chi connectivity index (χ2v) is 10.2. The largest absolute Gasteiger partial charge is 0.489 e. The molecule has 0 amide bonds. The van der Waals surface area contributed by atoms with Crippen molar-refractivity contribution >= 4 is 16.9 Å². The Labute approximate surface area is 247 Å². The van der Waals surface area contributed by atoms with Crippen LogP contribution in [0.15, 0.2) is 101 Å². The number of nitriles is 1. The molecule has 0 aliphatic carbocycles. The Morgan fingerprint density at radius 2 is 1.86 bits per heavy atom. The van der Waals surface area contributed by atoms with Gasteiger partial charge in [0.25, 0.3) is 0 Å². The Morgan fingerprint density at radius 1 is 1.02 bits per heavy atom. The molecule has 7 nitrogen and oxygen atoms in total. The number of nitrogens with zero attached hydrogens (tertiary/aromatic N) is 1. The number of carbonyl (C=O) groups excluding carboxylic acids is 1. The zero-order chi connectivity index (χ0) is 30.1. The van der Waals surface area contributed by atoms with Crippen LogP contribution in [0.5, 0.6) is 17.2 Å². The van der Waals surface area contributed by atoms with Crippen molar-refractivity contribution in [3.63, 3.8) is 0 Å². The normalized spacial score (nSPS) is 14.1. The number of fused-ring (bicyclic) bond motifs is 2. The van der Waals surface area contributed by atoms with Crippen molar-refractivity contribution in [3.05, 3.63) is 136 Å². The number of rotatable bonds is 7. The van der Waals surface area contributed by atoms with Gasteiger partial charge >= 0.3 is 5.97 Å². The minimum absolute atomic E-state index is 0.0444. The number of aryl methyl sites for hydroxylation is 2. The van der Waals surface area contributed by atoms with Crippen LogP contribution in [-0.2, 0) is 13.0 Å². The zero-order valence-electron chi connectivity index (χ0n) is 23.5. The third-order valence-electron chi connectivity index (χ3n) is 7.54. The molecule has 2 heterocycles. The quantitative estimate of drug-likeness (QED) is 0.159. The Kier molecular flexibility index (Phi) is 7.31. The van der Waals surface area contributed by atoms with Gasteiger partial charge < -0.3 is 24.4 Å². The monoisotopic (exact) mass is 574 g/mol. The maximum Gasteiger partial charge on any atom is 0.379 e. The van der Waals surface area contributed by atoms with Crippen molar-refractivity contribution in [1.29, 1.82) is 5.26 Å². The van der Waals surface area contributed by atoms with Crippen molar-refractivity contribution in [1.82, 2.24) is 0 Å². The molecule has 4 aromatic carbocycles. The van der Waals surface area contributed by atoms with Gasteiger partial charge in [0.05, 0.1) is 5.92 Å². The van der Waals surface area contributed by atoms with E-state index in [9.17, 15) is 14.4 Å². The maximum atomic E-state index is 14.1. The summed E-state index contributed by atoms with van der Waals surface area (Å²) in [6.07, 6.45) is 0.868. The molecule has 1 atom stereocenters. The highest BCUT2D eigenvalue weighted by molar-refractivity contribution is 5.97. The van der Waals surface area contributed by atoms with Crippen LogP contribution in [0.4, 0.5) is 4.39 Å². The number of halogens is 1. The first kappa shape index (κ1) is 27.6. The first-order chi connectivity index (χ1) is 20.9. The van der Waals surface area contributed by atoms with Gasteiger partial charge in [-0.25, -0.2) is 9.18 Å². The van der Waals surface area contributed by atoms with Crippen LogP contribution in [0.25, 0.3) is 11.0 Å². The van der Waals surface area contributed by atoms with Crippen LogP contribution < -0.4 is 19.9 Å². The molecule has 43 heavy (non-hydrogen) atoms. The molecule has 2 N–H and O–H groups in total. The number of furan rings is 1. The molecule has 0 fully saturated rings. The summed E-state index contributed by atoms with van der Waals surface area (Å²) in [6.45, 7) is 3.93. The predicted octanol–water partition coefficient (Wildman–Crippen LogP) is 7.46. The molecule has 0 saturated carbocycles. The van der Waals surface area contributed by atoms with Crippen molar-refractivity contribution in [2.24, 2.45) is 5.73 Å². The molecule has 1 aliphatic heterocycles. The minimum Gasteiger partial charge on any atom is -0.489 e. The summed E-state index contributed by atoms with van der Waals surface area (Å²) in [5.74, 6) is -0.412. The molecule has 6 rings (SSSR count). The highest BCUT2D eigenvalue weighted by Crippen LogP contribution is 2.44. The van der Waals surface area contributed by atoms with Crippen LogP contribution in [0.1, 0.15) is 51.2 Å². The number of nitrogens with two attached hydrogens (primary N) is 1. The summed E-state index contributed by atoms with van der Waals surface area (Å²) < 4.78 is 37.3. The van der Waals surface area contributed by atoms with Crippen LogP contribution in [0.3, 0.4) is 0 Å². The number of allylic oxidation sites excluding steroid dienone is 1. The van der Waals surface area contributed by atoms with Gasteiger partial charge in [-0.1, -0.05) is 49.4 Å². The molecule has 0 spiro atoms. The highest BCUT2D eigenvalue weighted by atomic mass is 19.1. The summed E-state index contributed by atoms with van der Waals surface area (Å²) in [5, 5.41) is 10.8. The number of esters is 1. The second kappa shape index (κ2) is 11.4. The molecule has 0 bridgehead atoms. The van der Waals surface area contributed by atoms with E-state index in [0.29, 0.717) is 33.8 Å². The van der Waals surface area contributed by atoms with Gasteiger partial charge in [0.2, 0.25) is 11.6 Å². The highest BCUT2D eigenvalue weighted by Gasteiger charge is 2.31. The van der Waals surface area contributed by atoms with Crippen LogP contribution >= 0.6 is 0 Å². The SMILES string of the molecule is CCc1ccc2oc(C(=O)Oc3ccc4c(c3)OC(N)=C(C#N)C4c3cccc(OCc4ccccc4F)c3)c(C)c2c1. The predicted molar refractivity (Wildman–Crippen MR) is 158 cm³/mol. The molecular weight excluding hydrogens is 547 g/mol. The standard InChI is InChI=1S/C35H27FN2O5/c1-3-21-11-14-30-27(15-21)20(2)33(42-30)35(39)41-25-12-13-26-31(17-25)43-34(38)28(18-37)32(26)22-8-6-9-24(16-22)40-19-23-7-4-5-10-29(23)36/h4-17,32H,3,19,38H2,1-2H3. The van der Waals surface area contributed by atoms with E-state index >= 15 is 0 Å². The summed E-state index contributed by atoms with van der Waals surface area (Å²) in [6, 6.07) is 26.5. The van der Waals surface area contributed by atoms with Gasteiger partial charge in [-0.2, -0.15) is 5.26 Å². The van der Waals surface area contributed by atoms with E-state index in [1.54, 1.807) is 54.6 Å². The number of hydrogen-bond donors (Lipinski definition) is 1. The van der Waals surface area contributed by atoms with Crippen molar-refractivity contribution in [3.8, 4) is 23.3 Å². The van der Waals surface area contributed by atoms with E-state index in [1.165, 1.54) is 6.07 Å². The lowest BCUT2D eigenvalue weighted by Gasteiger charge is -2.27. The fourth-order valence-corrected chi connectivity index (χ4v) is 5.24. The van der Waals surface area contributed by atoms with Crippen LogP contribution in [0.2, 0.25) is 0 Å². The first-order valence-electron chi connectivity index (χ1n) is 13.8. The van der Waals surface area contributed by atoms with Gasteiger partial charge in [0.15, 0.2) is 0 Å². The molecule has 1 aliphatic rings. The summed E-state index contributed by atoms with van der Waals surface area (Å²) in [7, 11) is 0. The van der Waals surface area contributed by atoms with E-state index in [1.807, 2.05) is 31.2 Å². The lowest BCUT2D eigenvalue weighted by Crippen LogP contribution is -2.21. The topological polar surface area (TPSA) is 108 Å². The van der Waals surface area contributed by atoms with Crippen LogP contribution in [0, 0.1) is 24.1 Å². The summed E-state index contributed by atoms with van der Waals surface area (Å²) in [5.41, 5.74) is 10.7. The van der Waals surface area contributed by atoms with Gasteiger partial charge in [0, 0.05) is 28.1 Å². The van der Waals surface area contributed by atoms with Crippen molar-refractivity contribution in [2.75, 3.05) is 0 Å². The number of benzene rings is 4. The van der Waals surface area contributed by atoms with Crippen molar-refractivity contribution < 1.29 is 27.8 Å². The molecule has 8 heteroatoms. The lowest BCUT2D eigenvalue weighted by molar-refractivity contribution is 0.0702. The minimum atomic E-state index is -0.639. The van der Waals surface area contributed by atoms with E-state index in [2.05, 4.69) is 13.0 Å². The molecule has 0 saturated heterocycles. The molecular formula is C35H27FN2O5. The van der Waals surface area contributed by atoms with Gasteiger partial charge in [-0.3, -0.25) is 0 Å². The Bertz CT molecular complexity index is 1950. The molecule has 1 aromatic heterocycles. The Hall–Kier alpha value is -5.55. The summed E-state index contributed by atoms with van der Waals surface area (Å²) >= 11 is 0. The van der Waals surface area contributed by atoms with E-state index in [4.69, 9.17) is 24.4 Å². The fourth-order valence-electron chi connectivity index (χ4n) is 5.24. The Balaban J connectivity index is 1.28. The smallest absolute Gasteiger partial charge is 0.379 e. The van der Waals surface area contributed by atoms with Gasteiger partial charge in [-0.05, 0) is 60.9 Å². The average Bonchev–Trinajstić information content (AvgIpc) is 3.35. The van der Waals surface area contributed by atoms with Crippen molar-refractivity contribution in [2.45, 2.75) is 32.8 Å². The molecule has 0 radical (unpaired) electrons. The second-order valence-electron chi connectivity index (χ2n) is 10.2. The number of ether oxygens (including phenoxy) is 3. The third kappa shape index (κ3) is 5.29. The fraction of sp³-hybridized carbons (Fsp3) is 0.143. The molecule has 5 aromatic rings. The van der Waals surface area contributed by atoms with Gasteiger partial charge in [0.1, 0.15) is 46.9 Å². The summed E-state index contributed by atoms with van der Waals surface area (Å²) in [4.78, 5) is 13.1. The Morgan fingerprint density at radius 3 is 2.65 bits per heavy atom. The van der Waals surface area contributed by atoms with E-state index in [0.717, 1.165) is 22.9 Å². The number of hydrogen-bond acceptors (Lipinski definition) is 7. The van der Waals surface area contributed by atoms with Gasteiger partial charge in [-0.15, -0.1) is 0 Å².